The number of nitrogens with zero attached hydrogens (tertiary/aromatic N) is 4. The number of benzene rings is 3. The first kappa shape index (κ1) is 24.9. The molecule has 2 aliphatic heterocycles. The van der Waals surface area contributed by atoms with Gasteiger partial charge in [-0.2, -0.15) is 0 Å². The number of hydrogen-bond acceptors (Lipinski definition) is 8. The van der Waals surface area contributed by atoms with E-state index in [4.69, 9.17) is 16.0 Å². The van der Waals surface area contributed by atoms with Crippen LogP contribution in [0.25, 0.3) is 11.0 Å². The largest absolute Gasteiger partial charge is 0.450 e. The molecule has 0 radical (unpaired) electrons. The second-order valence-electron chi connectivity index (χ2n) is 9.24. The summed E-state index contributed by atoms with van der Waals surface area (Å²) < 4.78 is 20.6. The van der Waals surface area contributed by atoms with Crippen molar-refractivity contribution in [1.29, 1.82) is 0 Å². The summed E-state index contributed by atoms with van der Waals surface area (Å²) in [6.07, 6.45) is 0. The highest BCUT2D eigenvalue weighted by molar-refractivity contribution is 8.00. The van der Waals surface area contributed by atoms with E-state index in [1.165, 1.54) is 39.8 Å². The first-order valence-electron chi connectivity index (χ1n) is 12.0. The fourth-order valence-electron chi connectivity index (χ4n) is 5.35. The number of thioether (sulfide) groups is 1. The first-order valence-corrected chi connectivity index (χ1v) is 14.2. The van der Waals surface area contributed by atoms with E-state index in [0.717, 1.165) is 11.3 Å². The number of likely N-dealkylation sites (N-methyl/N-ethyl adjacent to an activating group) is 1. The van der Waals surface area contributed by atoms with E-state index in [2.05, 4.69) is 10.2 Å². The zero-order valence-electron chi connectivity index (χ0n) is 20.6. The third kappa shape index (κ3) is 3.34. The number of carbonyl (C=O) groups excluding carboxylic acids is 2. The molecule has 0 N–H and O–H groups in total. The summed E-state index contributed by atoms with van der Waals surface area (Å²) >= 11 is 8.51. The molecular formula is C28H16ClFN4O4S2. The molecule has 40 heavy (non-hydrogen) atoms. The topological polar surface area (TPSA) is 96.6 Å². The lowest BCUT2D eigenvalue weighted by Gasteiger charge is -2.31. The summed E-state index contributed by atoms with van der Waals surface area (Å²) in [5, 5.41) is 9.03. The number of anilines is 2. The van der Waals surface area contributed by atoms with Crippen LogP contribution >= 0.6 is 34.7 Å². The maximum Gasteiger partial charge on any atom is 0.297 e. The molecule has 8 nitrogen and oxygen atoms in total. The van der Waals surface area contributed by atoms with Crippen LogP contribution in [0.3, 0.4) is 0 Å². The molecule has 2 aliphatic rings. The van der Waals surface area contributed by atoms with Crippen molar-refractivity contribution < 1.29 is 18.4 Å². The van der Waals surface area contributed by atoms with E-state index in [1.807, 2.05) is 0 Å². The van der Waals surface area contributed by atoms with Crippen molar-refractivity contribution in [1.82, 2.24) is 10.2 Å². The Morgan fingerprint density at radius 2 is 1.82 bits per heavy atom. The molecule has 0 saturated carbocycles. The molecule has 4 heterocycles. The summed E-state index contributed by atoms with van der Waals surface area (Å²) in [6, 6.07) is 17.9. The molecule has 3 aromatic carbocycles. The number of rotatable bonds is 4. The lowest BCUT2D eigenvalue weighted by atomic mass is 9.84. The molecule has 2 aromatic heterocycles. The van der Waals surface area contributed by atoms with Crippen LogP contribution in [0.15, 0.2) is 80.3 Å². The van der Waals surface area contributed by atoms with Gasteiger partial charge in [-0.3, -0.25) is 19.3 Å². The number of hydrogen-bond donors (Lipinski definition) is 0. The quantitative estimate of drug-likeness (QED) is 0.198. The van der Waals surface area contributed by atoms with Crippen LogP contribution in [-0.4, -0.2) is 29.1 Å². The van der Waals surface area contributed by atoms with Crippen LogP contribution in [0.4, 0.5) is 15.2 Å². The number of para-hydroxylation sites is 1. The molecule has 0 bridgehead atoms. The Morgan fingerprint density at radius 1 is 1.05 bits per heavy atom. The number of fused-ring (bicyclic) bond motifs is 5. The van der Waals surface area contributed by atoms with Crippen LogP contribution in [0, 0.1) is 5.82 Å². The zero-order valence-corrected chi connectivity index (χ0v) is 22.9. The summed E-state index contributed by atoms with van der Waals surface area (Å²) in [6.45, 7) is 0. The van der Waals surface area contributed by atoms with Crippen molar-refractivity contribution in [2.24, 2.45) is 0 Å². The van der Waals surface area contributed by atoms with Crippen molar-refractivity contribution >= 4 is 68.3 Å². The standard InChI is InChI=1S/C28H16ClFN4O4S2/c1-33-19-9-5-3-7-17(19)28(25(33)37)21-22(35)16-12-15(29)10-11-20(16)38-23(21)24(36)34(28)26-31-32-27(40-26)39-13-14-6-2-4-8-18(14)30/h2-12H,13H2,1H3. The normalized spacial score (nSPS) is 17.8. The predicted octanol–water partition coefficient (Wildman–Crippen LogP) is 5.61. The third-order valence-corrected chi connectivity index (χ3v) is 9.44. The van der Waals surface area contributed by atoms with Gasteiger partial charge in [0.1, 0.15) is 11.4 Å². The molecular weight excluding hydrogens is 575 g/mol. The molecule has 1 atom stereocenters. The van der Waals surface area contributed by atoms with Crippen LogP contribution < -0.4 is 15.2 Å². The van der Waals surface area contributed by atoms with Gasteiger partial charge in [0.2, 0.25) is 10.9 Å². The second-order valence-corrected chi connectivity index (χ2v) is 11.9. The Labute approximate surface area is 239 Å². The average Bonchev–Trinajstić information content (AvgIpc) is 3.58. The van der Waals surface area contributed by atoms with Gasteiger partial charge < -0.3 is 9.32 Å². The second kappa shape index (κ2) is 8.98. The molecule has 2 amide bonds. The Hall–Kier alpha value is -4.06. The minimum atomic E-state index is -1.86. The maximum atomic E-state index is 14.2. The van der Waals surface area contributed by atoms with Crippen molar-refractivity contribution in [3.05, 3.63) is 110 Å². The van der Waals surface area contributed by atoms with Crippen LogP contribution in [0.1, 0.15) is 27.2 Å². The van der Waals surface area contributed by atoms with E-state index in [0.29, 0.717) is 26.2 Å². The minimum Gasteiger partial charge on any atom is -0.450 e. The molecule has 12 heteroatoms. The average molecular weight is 591 g/mol. The van der Waals surface area contributed by atoms with Gasteiger partial charge in [-0.1, -0.05) is 71.1 Å². The molecule has 0 fully saturated rings. The van der Waals surface area contributed by atoms with Crippen LogP contribution in [-0.2, 0) is 16.1 Å². The van der Waals surface area contributed by atoms with Gasteiger partial charge in [0.15, 0.2) is 15.3 Å². The van der Waals surface area contributed by atoms with E-state index in [1.54, 1.807) is 55.6 Å². The molecule has 198 valence electrons. The summed E-state index contributed by atoms with van der Waals surface area (Å²) in [4.78, 5) is 45.0. The molecule has 0 saturated heterocycles. The van der Waals surface area contributed by atoms with Gasteiger partial charge >= 0.3 is 0 Å². The lowest BCUT2D eigenvalue weighted by molar-refractivity contribution is -0.121. The fourth-order valence-corrected chi connectivity index (χ4v) is 7.40. The SMILES string of the molecule is CN1C(=O)C2(c3ccccc31)c1c(oc3ccc(Cl)cc3c1=O)C(=O)N2c1nnc(SCc2ccccc2F)s1. The third-order valence-electron chi connectivity index (χ3n) is 7.11. The number of amides is 2. The summed E-state index contributed by atoms with van der Waals surface area (Å²) in [7, 11) is 1.59. The molecule has 1 spiro atoms. The summed E-state index contributed by atoms with van der Waals surface area (Å²) in [5.41, 5.74) is -0.837. The highest BCUT2D eigenvalue weighted by atomic mass is 35.5. The molecule has 5 aromatic rings. The van der Waals surface area contributed by atoms with Gasteiger partial charge in [-0.05, 0) is 35.9 Å². The van der Waals surface area contributed by atoms with Crippen LogP contribution in [0.2, 0.25) is 5.02 Å². The van der Waals surface area contributed by atoms with Gasteiger partial charge in [0, 0.05) is 29.1 Å². The monoisotopic (exact) mass is 590 g/mol. The van der Waals surface area contributed by atoms with Gasteiger partial charge in [-0.15, -0.1) is 10.2 Å². The van der Waals surface area contributed by atoms with E-state index in [-0.39, 0.29) is 39.0 Å². The van der Waals surface area contributed by atoms with E-state index >= 15 is 0 Å². The Kier molecular flexibility index (Phi) is 5.60. The Bertz CT molecular complexity index is 1960. The minimum absolute atomic E-state index is 0.0928. The molecule has 1 unspecified atom stereocenters. The van der Waals surface area contributed by atoms with E-state index in [9.17, 15) is 18.8 Å². The van der Waals surface area contributed by atoms with Crippen molar-refractivity contribution in [3.8, 4) is 0 Å². The maximum absolute atomic E-state index is 14.2. The number of aromatic nitrogens is 2. The van der Waals surface area contributed by atoms with Crippen molar-refractivity contribution in [2.45, 2.75) is 15.6 Å². The Morgan fingerprint density at radius 3 is 2.65 bits per heavy atom. The highest BCUT2D eigenvalue weighted by Gasteiger charge is 2.66. The van der Waals surface area contributed by atoms with Gasteiger partial charge in [0.05, 0.1) is 10.9 Å². The Balaban J connectivity index is 1.43. The summed E-state index contributed by atoms with van der Waals surface area (Å²) in [5.74, 6) is -1.49. The van der Waals surface area contributed by atoms with E-state index < -0.39 is 22.8 Å². The van der Waals surface area contributed by atoms with Crippen molar-refractivity contribution in [2.75, 3.05) is 16.8 Å². The number of carbonyl (C=O) groups is 2. The van der Waals surface area contributed by atoms with Gasteiger partial charge in [-0.25, -0.2) is 4.39 Å². The molecule has 7 rings (SSSR count). The van der Waals surface area contributed by atoms with Gasteiger partial charge in [0.25, 0.3) is 11.8 Å². The first-order chi connectivity index (χ1) is 19.3. The smallest absolute Gasteiger partial charge is 0.297 e. The van der Waals surface area contributed by atoms with Crippen molar-refractivity contribution in [3.63, 3.8) is 0 Å². The lowest BCUT2D eigenvalue weighted by Crippen LogP contribution is -2.53. The highest BCUT2D eigenvalue weighted by Crippen LogP contribution is 2.54. The molecule has 0 aliphatic carbocycles. The predicted molar refractivity (Wildman–Crippen MR) is 151 cm³/mol. The number of halogens is 2. The van der Waals surface area contributed by atoms with Crippen LogP contribution in [0.5, 0.6) is 0 Å². The zero-order chi connectivity index (χ0) is 27.8. The fraction of sp³-hybridized carbons (Fsp3) is 0.107.